The Morgan fingerprint density at radius 2 is 1.96 bits per heavy atom. The maximum Gasteiger partial charge on any atom is 0.252 e. The smallest absolute Gasteiger partial charge is 0.252 e. The molecule has 1 fully saturated rings. The summed E-state index contributed by atoms with van der Waals surface area (Å²) in [7, 11) is 3.17. The fourth-order valence-corrected chi connectivity index (χ4v) is 4.80. The third-order valence-corrected chi connectivity index (χ3v) is 6.49. The van der Waals surface area contributed by atoms with Gasteiger partial charge in [-0.05, 0) is 72.1 Å². The lowest BCUT2D eigenvalue weighted by atomic mass is 10.1. The molecular formula is C19H23IN2O3S. The molecule has 7 heteroatoms. The molecule has 0 aliphatic carbocycles. The number of nitrogens with zero attached hydrogens (tertiary/aromatic N) is 1. The number of thiophene rings is 1. The summed E-state index contributed by atoms with van der Waals surface area (Å²) < 4.78 is 11.5. The van der Waals surface area contributed by atoms with Crippen molar-refractivity contribution in [2.24, 2.45) is 0 Å². The van der Waals surface area contributed by atoms with Gasteiger partial charge in [0.15, 0.2) is 11.5 Å². The van der Waals surface area contributed by atoms with Gasteiger partial charge in [-0.2, -0.15) is 0 Å². The molecule has 5 nitrogen and oxygen atoms in total. The van der Waals surface area contributed by atoms with Gasteiger partial charge in [-0.15, -0.1) is 11.3 Å². The van der Waals surface area contributed by atoms with Gasteiger partial charge in [0.1, 0.15) is 0 Å². The number of ether oxygens (including phenoxy) is 2. The van der Waals surface area contributed by atoms with Gasteiger partial charge in [0, 0.05) is 15.0 Å². The van der Waals surface area contributed by atoms with Crippen LogP contribution in [0.1, 0.15) is 34.1 Å². The van der Waals surface area contributed by atoms with E-state index in [1.165, 1.54) is 17.7 Å². The standard InChI is InChI=1S/C19H23IN2O3S/c1-24-16-10-13(14(20)11-17(16)25-2)19(23)21-12-15(18-6-5-9-26-18)22-7-3-4-8-22/h5-6,9-11,15H,3-4,7-8,12H2,1-2H3,(H,21,23). The highest BCUT2D eigenvalue weighted by molar-refractivity contribution is 14.1. The molecule has 1 amide bonds. The number of halogens is 1. The van der Waals surface area contributed by atoms with E-state index in [1.807, 2.05) is 6.07 Å². The topological polar surface area (TPSA) is 50.8 Å². The maximum atomic E-state index is 12.8. The monoisotopic (exact) mass is 486 g/mol. The summed E-state index contributed by atoms with van der Waals surface area (Å²) in [5, 5.41) is 5.21. The Hall–Kier alpha value is -1.32. The van der Waals surface area contributed by atoms with Crippen molar-refractivity contribution in [3.63, 3.8) is 0 Å². The SMILES string of the molecule is COc1cc(I)c(C(=O)NCC(c2cccs2)N2CCCC2)cc1OC. The predicted octanol–water partition coefficient (Wildman–Crippen LogP) is 3.94. The molecule has 0 radical (unpaired) electrons. The number of hydrogen-bond donors (Lipinski definition) is 1. The van der Waals surface area contributed by atoms with Crippen molar-refractivity contribution in [3.05, 3.63) is 43.7 Å². The molecule has 1 N–H and O–H groups in total. The lowest BCUT2D eigenvalue weighted by Gasteiger charge is -2.27. The second-order valence-corrected chi connectivity index (χ2v) is 8.31. The Bertz CT molecular complexity index is 745. The molecule has 1 unspecified atom stereocenters. The zero-order valence-electron chi connectivity index (χ0n) is 15.0. The Morgan fingerprint density at radius 3 is 2.58 bits per heavy atom. The summed E-state index contributed by atoms with van der Waals surface area (Å²) in [6.45, 7) is 2.78. The number of carbonyl (C=O) groups excluding carboxylic acids is 1. The van der Waals surface area contributed by atoms with E-state index in [-0.39, 0.29) is 11.9 Å². The van der Waals surface area contributed by atoms with Crippen LogP contribution >= 0.6 is 33.9 Å². The van der Waals surface area contributed by atoms with Crippen molar-refractivity contribution >= 4 is 39.8 Å². The van der Waals surface area contributed by atoms with Gasteiger partial charge in [0.05, 0.1) is 25.8 Å². The first-order chi connectivity index (χ1) is 12.6. The van der Waals surface area contributed by atoms with Gasteiger partial charge in [-0.1, -0.05) is 6.07 Å². The van der Waals surface area contributed by atoms with Crippen molar-refractivity contribution < 1.29 is 14.3 Å². The zero-order chi connectivity index (χ0) is 18.5. The van der Waals surface area contributed by atoms with Crippen LogP contribution in [0.25, 0.3) is 0 Å². The van der Waals surface area contributed by atoms with Gasteiger partial charge in [0.2, 0.25) is 0 Å². The molecule has 2 aromatic rings. The maximum absolute atomic E-state index is 12.8. The number of likely N-dealkylation sites (tertiary alicyclic amines) is 1. The minimum absolute atomic E-state index is 0.0869. The molecule has 0 saturated carbocycles. The summed E-state index contributed by atoms with van der Waals surface area (Å²) >= 11 is 3.91. The quantitative estimate of drug-likeness (QED) is 0.603. The van der Waals surface area contributed by atoms with E-state index in [0.29, 0.717) is 23.6 Å². The molecule has 0 bridgehead atoms. The van der Waals surface area contributed by atoms with Crippen LogP contribution in [0, 0.1) is 3.57 Å². The summed E-state index contributed by atoms with van der Waals surface area (Å²) in [6, 6.07) is 8.03. The average Bonchev–Trinajstić information content (AvgIpc) is 3.36. The van der Waals surface area contributed by atoms with E-state index >= 15 is 0 Å². The van der Waals surface area contributed by atoms with Gasteiger partial charge >= 0.3 is 0 Å². The van der Waals surface area contributed by atoms with Crippen molar-refractivity contribution in [2.45, 2.75) is 18.9 Å². The van der Waals surface area contributed by atoms with Crippen LogP contribution in [0.2, 0.25) is 0 Å². The normalized spacial score (nSPS) is 15.7. The van der Waals surface area contributed by atoms with E-state index in [9.17, 15) is 4.79 Å². The first-order valence-electron chi connectivity index (χ1n) is 8.61. The van der Waals surface area contributed by atoms with Gasteiger partial charge < -0.3 is 14.8 Å². The van der Waals surface area contributed by atoms with E-state index in [1.54, 1.807) is 31.6 Å². The Balaban J connectivity index is 1.74. The highest BCUT2D eigenvalue weighted by Gasteiger charge is 2.25. The van der Waals surface area contributed by atoms with E-state index in [2.05, 4.69) is 50.3 Å². The number of nitrogens with one attached hydrogen (secondary N) is 1. The summed E-state index contributed by atoms with van der Waals surface area (Å²) in [4.78, 5) is 16.6. The molecule has 26 heavy (non-hydrogen) atoms. The predicted molar refractivity (Wildman–Crippen MR) is 112 cm³/mol. The van der Waals surface area contributed by atoms with E-state index < -0.39 is 0 Å². The highest BCUT2D eigenvalue weighted by atomic mass is 127. The summed E-state index contributed by atoms with van der Waals surface area (Å²) in [5.41, 5.74) is 0.606. The summed E-state index contributed by atoms with van der Waals surface area (Å²) in [6.07, 6.45) is 2.45. The molecule has 1 aliphatic heterocycles. The fourth-order valence-electron chi connectivity index (χ4n) is 3.26. The van der Waals surface area contributed by atoms with Gasteiger partial charge in [0.25, 0.3) is 5.91 Å². The average molecular weight is 486 g/mol. The first kappa shape index (κ1) is 19.4. The lowest BCUT2D eigenvalue weighted by Crippen LogP contribution is -2.36. The van der Waals surface area contributed by atoms with Crippen LogP contribution < -0.4 is 14.8 Å². The molecule has 1 saturated heterocycles. The number of methoxy groups -OCH3 is 2. The Morgan fingerprint density at radius 1 is 1.27 bits per heavy atom. The van der Waals surface area contributed by atoms with Crippen LogP contribution in [0.3, 0.4) is 0 Å². The molecule has 1 aromatic heterocycles. The Labute approximate surface area is 171 Å². The number of amides is 1. The second kappa shape index (κ2) is 9.05. The van der Waals surface area contributed by atoms with Crippen molar-refractivity contribution in [1.29, 1.82) is 0 Å². The van der Waals surface area contributed by atoms with Crippen molar-refractivity contribution in [3.8, 4) is 11.5 Å². The minimum atomic E-state index is -0.0869. The zero-order valence-corrected chi connectivity index (χ0v) is 17.9. The van der Waals surface area contributed by atoms with Crippen LogP contribution in [-0.4, -0.2) is 44.7 Å². The number of benzene rings is 1. The fraction of sp³-hybridized carbons (Fsp3) is 0.421. The van der Waals surface area contributed by atoms with Crippen molar-refractivity contribution in [2.75, 3.05) is 33.9 Å². The van der Waals surface area contributed by atoms with Crippen molar-refractivity contribution in [1.82, 2.24) is 10.2 Å². The first-order valence-corrected chi connectivity index (χ1v) is 10.6. The van der Waals surface area contributed by atoms with E-state index in [0.717, 1.165) is 16.7 Å². The second-order valence-electron chi connectivity index (χ2n) is 6.17. The molecule has 0 spiro atoms. The largest absolute Gasteiger partial charge is 0.493 e. The minimum Gasteiger partial charge on any atom is -0.493 e. The lowest BCUT2D eigenvalue weighted by molar-refractivity contribution is 0.0937. The van der Waals surface area contributed by atoms with Crippen LogP contribution in [0.5, 0.6) is 11.5 Å². The molecule has 140 valence electrons. The molecule has 3 rings (SSSR count). The number of rotatable bonds is 7. The van der Waals surface area contributed by atoms with Gasteiger partial charge in [-0.3, -0.25) is 9.69 Å². The van der Waals surface area contributed by atoms with Crippen LogP contribution in [0.15, 0.2) is 29.6 Å². The Kier molecular flexibility index (Phi) is 6.77. The van der Waals surface area contributed by atoms with Crippen LogP contribution in [0.4, 0.5) is 0 Å². The molecular weight excluding hydrogens is 463 g/mol. The molecule has 2 heterocycles. The summed E-state index contributed by atoms with van der Waals surface area (Å²) in [5.74, 6) is 1.10. The van der Waals surface area contributed by atoms with E-state index in [4.69, 9.17) is 9.47 Å². The third-order valence-electron chi connectivity index (χ3n) is 4.63. The number of hydrogen-bond acceptors (Lipinski definition) is 5. The highest BCUT2D eigenvalue weighted by Crippen LogP contribution is 2.32. The van der Waals surface area contributed by atoms with Gasteiger partial charge in [-0.25, -0.2) is 0 Å². The molecule has 1 aromatic carbocycles. The molecule has 1 aliphatic rings. The number of carbonyl (C=O) groups is 1. The third kappa shape index (κ3) is 4.32. The molecule has 1 atom stereocenters. The van der Waals surface area contributed by atoms with Crippen LogP contribution in [-0.2, 0) is 0 Å².